The molecule has 0 unspecified atom stereocenters. The van der Waals surface area contributed by atoms with Gasteiger partial charge in [0.2, 0.25) is 29.5 Å². The summed E-state index contributed by atoms with van der Waals surface area (Å²) >= 11 is 0. The highest BCUT2D eigenvalue weighted by Gasteiger charge is 2.62. The minimum absolute atomic E-state index is 0.806. The zero-order chi connectivity index (χ0) is 92.1. The third kappa shape index (κ3) is 22.9. The minimum Gasteiger partial charge on any atom is -0.394 e. The van der Waals surface area contributed by atoms with Gasteiger partial charge in [-0.05, 0) is 6.92 Å². The second-order valence-electron chi connectivity index (χ2n) is 31.7. The van der Waals surface area contributed by atoms with Gasteiger partial charge in [-0.15, -0.1) is 0 Å². The lowest BCUT2D eigenvalue weighted by atomic mass is 9.93. The maximum atomic E-state index is 13.2. The molecule has 10 rings (SSSR count). The minimum atomic E-state index is -2.65. The van der Waals surface area contributed by atoms with Gasteiger partial charge in [0, 0.05) is 34.6 Å². The molecule has 31 N–H and O–H groups in total. The number of carbonyl (C=O) groups is 5. The summed E-state index contributed by atoms with van der Waals surface area (Å²) in [6, 6.07) is -9.38. The van der Waals surface area contributed by atoms with Crippen molar-refractivity contribution in [1.82, 2.24) is 26.6 Å². The van der Waals surface area contributed by atoms with Crippen LogP contribution in [0.4, 0.5) is 0 Å². The Morgan fingerprint density at radius 1 is 0.224 bits per heavy atom. The van der Waals surface area contributed by atoms with Gasteiger partial charge < -0.3 is 249 Å². The highest BCUT2D eigenvalue weighted by atomic mass is 16.8. The summed E-state index contributed by atoms with van der Waals surface area (Å²) in [4.78, 5) is 64.0. The number of amides is 5. The number of carbonyl (C=O) groups excluding carboxylic acids is 5. The summed E-state index contributed by atoms with van der Waals surface area (Å²) in [7, 11) is 0. The van der Waals surface area contributed by atoms with Crippen molar-refractivity contribution in [2.75, 3.05) is 59.5 Å². The molecule has 0 radical (unpaired) electrons. The van der Waals surface area contributed by atoms with E-state index >= 15 is 0 Å². The topological polar surface area (TPSA) is 847 Å². The molecule has 50 atom stereocenters. The van der Waals surface area contributed by atoms with Crippen molar-refractivity contribution in [2.45, 2.75) is 348 Å². The number of hydrogen-bond acceptors (Lipinski definition) is 50. The van der Waals surface area contributed by atoms with Crippen molar-refractivity contribution in [3.05, 3.63) is 0 Å². The predicted molar refractivity (Wildman–Crippen MR) is 386 cm³/mol. The summed E-state index contributed by atoms with van der Waals surface area (Å²) in [5, 5.41) is 305. The molecule has 722 valence electrons. The molecule has 0 aromatic rings. The Bertz CT molecular complexity index is 3420. The van der Waals surface area contributed by atoms with E-state index in [2.05, 4.69) is 26.6 Å². The Kier molecular flexibility index (Phi) is 36.8. The molecule has 0 aliphatic carbocycles. The van der Waals surface area contributed by atoms with E-state index in [4.69, 9.17) is 90.0 Å². The molecule has 0 saturated carbocycles. The first kappa shape index (κ1) is 103. The molecule has 55 nitrogen and oxygen atoms in total. The van der Waals surface area contributed by atoms with Gasteiger partial charge in [-0.1, -0.05) is 0 Å². The summed E-state index contributed by atoms with van der Waals surface area (Å²) in [6.07, 6.45) is -94.6. The van der Waals surface area contributed by atoms with Gasteiger partial charge in [0.1, 0.15) is 238 Å². The van der Waals surface area contributed by atoms with Crippen LogP contribution in [0.5, 0.6) is 0 Å². The van der Waals surface area contributed by atoms with Gasteiger partial charge in [-0.25, -0.2) is 0 Å². The van der Waals surface area contributed by atoms with Crippen molar-refractivity contribution in [2.24, 2.45) is 0 Å². The molecule has 55 heteroatoms. The van der Waals surface area contributed by atoms with Crippen molar-refractivity contribution < 1.29 is 247 Å². The fourth-order valence-corrected chi connectivity index (χ4v) is 16.3. The number of aliphatic hydroxyl groups is 26. The molecule has 10 saturated heterocycles. The van der Waals surface area contributed by atoms with E-state index in [0.717, 1.165) is 34.6 Å². The third-order valence-corrected chi connectivity index (χ3v) is 22.8. The highest BCUT2D eigenvalue weighted by Crippen LogP contribution is 2.41. The third-order valence-electron chi connectivity index (χ3n) is 22.8. The van der Waals surface area contributed by atoms with E-state index in [-0.39, 0.29) is 0 Å². The maximum absolute atomic E-state index is 13.2. The van der Waals surface area contributed by atoms with E-state index in [1.807, 2.05) is 0 Å². The number of nitrogens with one attached hydrogen (secondary N) is 5. The highest BCUT2D eigenvalue weighted by molar-refractivity contribution is 5.75. The zero-order valence-electron chi connectivity index (χ0n) is 67.7. The lowest BCUT2D eigenvalue weighted by Gasteiger charge is -2.52. The largest absolute Gasteiger partial charge is 0.394 e. The fraction of sp³-hybridized carbons (Fsp3) is 0.929. The Balaban J connectivity index is 1.01. The average molecular weight is 1830 g/mol. The Morgan fingerprint density at radius 2 is 0.488 bits per heavy atom. The number of aliphatic hydroxyl groups excluding tert-OH is 26. The second-order valence-corrected chi connectivity index (χ2v) is 31.7. The van der Waals surface area contributed by atoms with Crippen molar-refractivity contribution in [3.63, 3.8) is 0 Å². The second kappa shape index (κ2) is 44.9. The standard InChI is InChI=1S/C70H117N5O50/c1-16-36(89)47(100)50(103)66(108-16)125-59-49(102)40(93)25(10-79)113-69(59)121-55-28(13-82)115-65(35(46(55)99)75-21(6)88)123-58-48(101)39(92)24(9-78)112-68(58)107-15-30-41(94)57(52(105)67(117-30)120-54-27(12-81)114-64(34(45(54)98)74-20(5)87)118-53-26(11-80)109-61(106)31(44(53)97)71-17(2)84)122-70-60(124-63-33(73-19(4)86)43(96)38(91)23(8-77)111-63)51(104)56(29(14-83)116-70)119-62-32(72-18(3)85)42(95)37(90)22(7-76)110-62/h16,22-70,76-83,89-106H,7-15H2,1-6H3,(H,71,84)(H,72,85)(H,73,86)(H,74,87)(H,75,88)/t16-,22+,23+,24+,25+,26+,27+,28+,29+,30+,31+,32+,33+,34+,35+,36+,37+,38+,39+,40-,41+,42+,43+,44+,45+,46+,47+,48-,49-,50-,51-,52-,53+,54+,55+,56+,57-,58-,59+,60-,61+,62-,63-,64-,65-,66-,67-,68-,69-,70+/m0/s1. The van der Waals surface area contributed by atoms with Crippen LogP contribution in [0.3, 0.4) is 0 Å². The lowest BCUT2D eigenvalue weighted by molar-refractivity contribution is -0.403. The van der Waals surface area contributed by atoms with Crippen LogP contribution in [0.15, 0.2) is 0 Å². The van der Waals surface area contributed by atoms with E-state index in [1.165, 1.54) is 6.92 Å². The molecule has 0 aromatic carbocycles. The van der Waals surface area contributed by atoms with Gasteiger partial charge in [0.15, 0.2) is 62.9 Å². The van der Waals surface area contributed by atoms with Crippen LogP contribution in [-0.4, -0.2) is 529 Å². The predicted octanol–water partition coefficient (Wildman–Crippen LogP) is -21.1. The number of rotatable bonds is 32. The molecule has 0 aromatic heterocycles. The van der Waals surface area contributed by atoms with Crippen LogP contribution in [0, 0.1) is 0 Å². The Hall–Kier alpha value is -4.45. The summed E-state index contributed by atoms with van der Waals surface area (Å²) in [6.45, 7) is -4.34. The molecule has 125 heavy (non-hydrogen) atoms. The molecular weight excluding hydrogens is 1710 g/mol. The molecule has 10 fully saturated rings. The summed E-state index contributed by atoms with van der Waals surface area (Å²) in [5.41, 5.74) is 0. The van der Waals surface area contributed by atoms with Crippen molar-refractivity contribution in [3.8, 4) is 0 Å². The Labute approximate surface area is 708 Å². The molecule has 5 amide bonds. The van der Waals surface area contributed by atoms with E-state index in [1.54, 1.807) is 0 Å². The molecule has 10 aliphatic heterocycles. The Morgan fingerprint density at radius 3 is 0.888 bits per heavy atom. The van der Waals surface area contributed by atoms with Crippen LogP contribution in [0.1, 0.15) is 41.5 Å². The first-order chi connectivity index (χ1) is 59.1. The van der Waals surface area contributed by atoms with Gasteiger partial charge in [-0.3, -0.25) is 24.0 Å². The van der Waals surface area contributed by atoms with Gasteiger partial charge in [-0.2, -0.15) is 0 Å². The maximum Gasteiger partial charge on any atom is 0.217 e. The first-order valence-corrected chi connectivity index (χ1v) is 40.0. The van der Waals surface area contributed by atoms with Crippen LogP contribution >= 0.6 is 0 Å². The van der Waals surface area contributed by atoms with Crippen molar-refractivity contribution >= 4 is 29.5 Å². The fourth-order valence-electron chi connectivity index (χ4n) is 16.3. The summed E-state index contributed by atoms with van der Waals surface area (Å²) < 4.78 is 114. The van der Waals surface area contributed by atoms with Gasteiger partial charge in [0.25, 0.3) is 0 Å². The number of ether oxygens (including phenoxy) is 19. The van der Waals surface area contributed by atoms with E-state index < -0.39 is 396 Å². The zero-order valence-corrected chi connectivity index (χ0v) is 67.7. The molecular formula is C70H117N5O50. The van der Waals surface area contributed by atoms with Crippen LogP contribution in [0.2, 0.25) is 0 Å². The first-order valence-electron chi connectivity index (χ1n) is 40.0. The molecule has 10 aliphatic rings. The SMILES string of the molecule is CC(=O)N[C@@H]1[C@@H](O)[C@H](O[C@@H]2O[C@H](CO)[C@@H](O[C@@H]3O[C@H](CO[C@H]4O[C@H](CO)[C@@H](O)[C@H](O)[C@@H]4O[C@@H]4O[C@H](CO)[C@@H](O[C@@H]5O[C@H](CO)[C@H](O)[C@H](O)[C@H]5O[C@@H]5O[C@@H](C)[C@@H](O)[C@@H](O)[C@@H]5O)[C@H](O)[C@H]4NC(C)=O)[C@@H](O)[C@H](O[C@H]4O[C@H](CO)[C@@H](O[C@@H]5O[C@H](CO)[C@@H](O)[C@H](O)[C@H]5NC(C)=O)[C@H](O)[C@@H]4O[C@@H]4O[C@H](CO)[C@@H](O)[C@H](O)[C@H]4NC(C)=O)[C@@H]3O)[C@H](O)[C@H]2NC(C)=O)[C@@H](CO)O[C@H]1O. The van der Waals surface area contributed by atoms with Gasteiger partial charge >= 0.3 is 0 Å². The quantitative estimate of drug-likeness (QED) is 0.0297. The van der Waals surface area contributed by atoms with Crippen LogP contribution < -0.4 is 26.6 Å². The molecule has 10 heterocycles. The molecule has 0 bridgehead atoms. The van der Waals surface area contributed by atoms with Crippen LogP contribution in [-0.2, 0) is 114 Å². The van der Waals surface area contributed by atoms with E-state index in [9.17, 15) is 157 Å². The van der Waals surface area contributed by atoms with Crippen molar-refractivity contribution in [1.29, 1.82) is 0 Å². The average Bonchev–Trinajstić information content (AvgIpc) is 0.763. The van der Waals surface area contributed by atoms with Gasteiger partial charge in [0.05, 0.1) is 65.6 Å². The number of hydrogen-bond donors (Lipinski definition) is 31. The molecule has 0 spiro atoms. The normalized spacial score (nSPS) is 48.7. The lowest BCUT2D eigenvalue weighted by Crippen LogP contribution is -2.71. The van der Waals surface area contributed by atoms with Crippen LogP contribution in [0.25, 0.3) is 0 Å². The van der Waals surface area contributed by atoms with E-state index in [0.29, 0.717) is 0 Å². The summed E-state index contributed by atoms with van der Waals surface area (Å²) in [5.74, 6) is -4.59. The smallest absolute Gasteiger partial charge is 0.217 e. The monoisotopic (exact) mass is 1830 g/mol.